The van der Waals surface area contributed by atoms with Gasteiger partial charge in [0.15, 0.2) is 11.6 Å². The van der Waals surface area contributed by atoms with Crippen molar-refractivity contribution in [3.05, 3.63) is 35.4 Å². The fraction of sp³-hybridized carbons (Fsp3) is 0.667. The average molecular weight is 360 g/mol. The van der Waals surface area contributed by atoms with Gasteiger partial charge in [-0.1, -0.05) is 25.0 Å². The van der Waals surface area contributed by atoms with E-state index in [9.17, 15) is 13.6 Å². The van der Waals surface area contributed by atoms with Gasteiger partial charge in [0.1, 0.15) is 0 Å². The third-order valence-electron chi connectivity index (χ3n) is 7.36. The number of carbonyl (C=O) groups is 1. The number of rotatable bonds is 2. The molecule has 4 heterocycles. The summed E-state index contributed by atoms with van der Waals surface area (Å²) in [5, 5.41) is 0. The second-order valence-electron chi connectivity index (χ2n) is 8.58. The maximum absolute atomic E-state index is 14.6. The molecular weight excluding hydrogens is 334 g/mol. The number of hydrogen-bond acceptors (Lipinski definition) is 2. The van der Waals surface area contributed by atoms with Crippen molar-refractivity contribution in [3.8, 4) is 0 Å². The number of amides is 1. The summed E-state index contributed by atoms with van der Waals surface area (Å²) in [7, 11) is 0. The Bertz CT molecular complexity index is 710. The van der Waals surface area contributed by atoms with Crippen molar-refractivity contribution < 1.29 is 13.6 Å². The fourth-order valence-electron chi connectivity index (χ4n) is 6.16. The molecule has 5 heteroatoms. The molecule has 5 fully saturated rings. The van der Waals surface area contributed by atoms with Crippen LogP contribution in [0.5, 0.6) is 0 Å². The Kier molecular flexibility index (Phi) is 4.03. The molecule has 0 spiro atoms. The highest BCUT2D eigenvalue weighted by Crippen LogP contribution is 2.48. The Hall–Kier alpha value is -1.49. The molecule has 26 heavy (non-hydrogen) atoms. The predicted octanol–water partition coefficient (Wildman–Crippen LogP) is 3.54. The van der Waals surface area contributed by atoms with E-state index in [1.807, 2.05) is 0 Å². The lowest BCUT2D eigenvalue weighted by atomic mass is 9.75. The van der Waals surface area contributed by atoms with Gasteiger partial charge < -0.3 is 4.90 Å². The molecule has 1 aromatic rings. The van der Waals surface area contributed by atoms with Crippen molar-refractivity contribution in [2.45, 2.75) is 56.5 Å². The molecule has 4 aliphatic heterocycles. The fourth-order valence-corrected chi connectivity index (χ4v) is 6.16. The zero-order chi connectivity index (χ0) is 17.8. The molecule has 1 saturated carbocycles. The van der Waals surface area contributed by atoms with Gasteiger partial charge in [0.05, 0.1) is 6.04 Å². The Morgan fingerprint density at radius 1 is 1.00 bits per heavy atom. The second-order valence-corrected chi connectivity index (χ2v) is 8.58. The molecule has 6 rings (SSSR count). The Labute approximate surface area is 153 Å². The largest absolute Gasteiger partial charge is 0.337 e. The molecular formula is C21H26F2N2O. The van der Waals surface area contributed by atoms with Crippen molar-refractivity contribution >= 4 is 5.91 Å². The van der Waals surface area contributed by atoms with Crippen molar-refractivity contribution in [2.24, 2.45) is 11.8 Å². The predicted molar refractivity (Wildman–Crippen MR) is 94.6 cm³/mol. The average Bonchev–Trinajstić information content (AvgIpc) is 3.33. The van der Waals surface area contributed by atoms with Gasteiger partial charge in [-0.2, -0.15) is 0 Å². The molecule has 2 bridgehead atoms. The van der Waals surface area contributed by atoms with Crippen LogP contribution in [0.2, 0.25) is 0 Å². The highest BCUT2D eigenvalue weighted by atomic mass is 19.2. The Morgan fingerprint density at radius 2 is 1.73 bits per heavy atom. The number of carbonyl (C=O) groups excluding carboxylic acids is 1. The standard InChI is InChI=1S/C21H26F2N2O/c22-17-7-3-6-15(18(17)23)16-12-25(21(26)14-4-1-2-5-14)19-13-8-10-24(11-9-13)20(16)19/h3,6-7,13-14,16,19-20H,1-2,4-5,8-12H2/t16-,19+,20+/m0/s1. The number of fused-ring (bicyclic) bond motifs is 2. The Balaban J connectivity index is 1.52. The van der Waals surface area contributed by atoms with Crippen molar-refractivity contribution in [2.75, 3.05) is 19.6 Å². The van der Waals surface area contributed by atoms with E-state index >= 15 is 0 Å². The molecule has 5 aliphatic rings. The van der Waals surface area contributed by atoms with Gasteiger partial charge in [0.25, 0.3) is 0 Å². The van der Waals surface area contributed by atoms with E-state index in [1.165, 1.54) is 6.07 Å². The summed E-state index contributed by atoms with van der Waals surface area (Å²) in [5.41, 5.74) is 0.453. The summed E-state index contributed by atoms with van der Waals surface area (Å²) in [6.07, 6.45) is 6.48. The monoisotopic (exact) mass is 360 g/mol. The van der Waals surface area contributed by atoms with E-state index in [2.05, 4.69) is 9.80 Å². The minimum absolute atomic E-state index is 0.121. The SMILES string of the molecule is O=C(C1CCCC1)N1C[C@@H](c2cccc(F)c2F)[C@@H]2[C@H]1C1CCN2CC1. The minimum atomic E-state index is -0.782. The first-order chi connectivity index (χ1) is 12.6. The van der Waals surface area contributed by atoms with Crippen LogP contribution in [-0.4, -0.2) is 47.4 Å². The molecule has 0 N–H and O–H groups in total. The summed E-state index contributed by atoms with van der Waals surface area (Å²) in [6.45, 7) is 2.58. The van der Waals surface area contributed by atoms with E-state index in [1.54, 1.807) is 12.1 Å². The van der Waals surface area contributed by atoms with Crippen LogP contribution in [0.25, 0.3) is 0 Å². The number of likely N-dealkylation sites (tertiary alicyclic amines) is 1. The highest BCUT2D eigenvalue weighted by molar-refractivity contribution is 5.80. The van der Waals surface area contributed by atoms with E-state index in [0.29, 0.717) is 18.0 Å². The first kappa shape index (κ1) is 16.7. The lowest BCUT2D eigenvalue weighted by Crippen LogP contribution is -2.61. The van der Waals surface area contributed by atoms with Crippen LogP contribution in [0.3, 0.4) is 0 Å². The van der Waals surface area contributed by atoms with Crippen LogP contribution >= 0.6 is 0 Å². The molecule has 3 nitrogen and oxygen atoms in total. The first-order valence-corrected chi connectivity index (χ1v) is 10.1. The first-order valence-electron chi connectivity index (χ1n) is 10.1. The normalized spacial score (nSPS) is 36.5. The van der Waals surface area contributed by atoms with Crippen molar-refractivity contribution in [1.82, 2.24) is 9.80 Å². The smallest absolute Gasteiger partial charge is 0.226 e. The highest BCUT2D eigenvalue weighted by Gasteiger charge is 2.55. The number of benzene rings is 1. The van der Waals surface area contributed by atoms with E-state index in [-0.39, 0.29) is 29.8 Å². The number of hydrogen-bond donors (Lipinski definition) is 0. The van der Waals surface area contributed by atoms with Gasteiger partial charge in [-0.05, 0) is 56.3 Å². The Morgan fingerprint density at radius 3 is 2.46 bits per heavy atom. The van der Waals surface area contributed by atoms with Crippen LogP contribution in [0.4, 0.5) is 8.78 Å². The zero-order valence-corrected chi connectivity index (χ0v) is 15.0. The number of piperidine rings is 3. The van der Waals surface area contributed by atoms with Crippen LogP contribution in [-0.2, 0) is 4.79 Å². The maximum atomic E-state index is 14.6. The summed E-state index contributed by atoms with van der Waals surface area (Å²) >= 11 is 0. The third-order valence-corrected chi connectivity index (χ3v) is 7.36. The van der Waals surface area contributed by atoms with Gasteiger partial charge >= 0.3 is 0 Å². The third kappa shape index (κ3) is 2.43. The van der Waals surface area contributed by atoms with Gasteiger partial charge in [-0.3, -0.25) is 9.69 Å². The molecule has 1 amide bonds. The summed E-state index contributed by atoms with van der Waals surface area (Å²) in [4.78, 5) is 17.8. The maximum Gasteiger partial charge on any atom is 0.226 e. The van der Waals surface area contributed by atoms with Crippen molar-refractivity contribution in [3.63, 3.8) is 0 Å². The van der Waals surface area contributed by atoms with E-state index < -0.39 is 11.6 Å². The molecule has 0 aromatic heterocycles. The second kappa shape index (κ2) is 6.29. The molecule has 0 unspecified atom stereocenters. The van der Waals surface area contributed by atoms with Crippen LogP contribution < -0.4 is 0 Å². The minimum Gasteiger partial charge on any atom is -0.337 e. The lowest BCUT2D eigenvalue weighted by molar-refractivity contribution is -0.140. The van der Waals surface area contributed by atoms with Crippen LogP contribution in [0.15, 0.2) is 18.2 Å². The molecule has 140 valence electrons. The topological polar surface area (TPSA) is 23.6 Å². The summed E-state index contributed by atoms with van der Waals surface area (Å²) < 4.78 is 28.5. The number of halogens is 2. The summed E-state index contributed by atoms with van der Waals surface area (Å²) in [6, 6.07) is 4.82. The zero-order valence-electron chi connectivity index (χ0n) is 15.0. The van der Waals surface area contributed by atoms with Crippen LogP contribution in [0.1, 0.15) is 50.0 Å². The van der Waals surface area contributed by atoms with Crippen LogP contribution in [0, 0.1) is 23.5 Å². The van der Waals surface area contributed by atoms with Gasteiger partial charge in [-0.15, -0.1) is 0 Å². The van der Waals surface area contributed by atoms with Gasteiger partial charge in [0, 0.05) is 24.4 Å². The number of nitrogens with zero attached hydrogens (tertiary/aromatic N) is 2. The lowest BCUT2D eigenvalue weighted by Gasteiger charge is -2.51. The summed E-state index contributed by atoms with van der Waals surface area (Å²) in [5.74, 6) is -0.710. The van der Waals surface area contributed by atoms with Gasteiger partial charge in [-0.25, -0.2) is 8.78 Å². The molecule has 1 aromatic carbocycles. The van der Waals surface area contributed by atoms with Crippen molar-refractivity contribution in [1.29, 1.82) is 0 Å². The van der Waals surface area contributed by atoms with Gasteiger partial charge in [0.2, 0.25) is 5.91 Å². The molecule has 0 radical (unpaired) electrons. The molecule has 4 saturated heterocycles. The quantitative estimate of drug-likeness (QED) is 0.805. The van der Waals surface area contributed by atoms with E-state index in [0.717, 1.165) is 51.6 Å². The van der Waals surface area contributed by atoms with E-state index in [4.69, 9.17) is 0 Å². The molecule has 3 atom stereocenters. The molecule has 1 aliphatic carbocycles.